The van der Waals surface area contributed by atoms with Crippen molar-refractivity contribution in [2.45, 2.75) is 58.8 Å². The highest BCUT2D eigenvalue weighted by Crippen LogP contribution is 2.65. The molecule has 1 N–H and O–H groups in total. The number of rotatable bonds is 2. The third kappa shape index (κ3) is 2.02. The summed E-state index contributed by atoms with van der Waals surface area (Å²) in [6, 6.07) is 0. The fourth-order valence-corrected chi connectivity index (χ4v) is 4.52. The van der Waals surface area contributed by atoms with E-state index in [0.717, 1.165) is 19.3 Å². The Balaban J connectivity index is 2.00. The second-order valence-electron chi connectivity index (χ2n) is 7.53. The van der Waals surface area contributed by atoms with Crippen LogP contribution in [0.5, 0.6) is 0 Å². The Morgan fingerprint density at radius 3 is 2.77 bits per heavy atom. The molecule has 1 heterocycles. The van der Waals surface area contributed by atoms with E-state index in [1.807, 2.05) is 19.1 Å². The quantitative estimate of drug-likeness (QED) is 0.366. The van der Waals surface area contributed by atoms with Crippen molar-refractivity contribution in [1.82, 2.24) is 0 Å². The van der Waals surface area contributed by atoms with E-state index in [2.05, 4.69) is 18.7 Å². The summed E-state index contributed by atoms with van der Waals surface area (Å²) in [5.74, 6) is 0.0244. The molecule has 3 aliphatic rings. The summed E-state index contributed by atoms with van der Waals surface area (Å²) in [5, 5.41) is 9.18. The van der Waals surface area contributed by atoms with E-state index >= 15 is 0 Å². The highest BCUT2D eigenvalue weighted by Gasteiger charge is 2.63. The van der Waals surface area contributed by atoms with Crippen LogP contribution in [0.1, 0.15) is 47.0 Å². The highest BCUT2D eigenvalue weighted by molar-refractivity contribution is 5.66. The van der Waals surface area contributed by atoms with Crippen molar-refractivity contribution in [3.8, 4) is 0 Å². The molecule has 0 amide bonds. The van der Waals surface area contributed by atoms with Crippen molar-refractivity contribution in [2.24, 2.45) is 16.7 Å². The van der Waals surface area contributed by atoms with Gasteiger partial charge in [-0.3, -0.25) is 10.1 Å². The van der Waals surface area contributed by atoms with Gasteiger partial charge < -0.3 is 9.47 Å². The van der Waals surface area contributed by atoms with E-state index in [-0.39, 0.29) is 16.8 Å². The Bertz CT molecular complexity index is 549. The maximum atomic E-state index is 11.4. The number of carbonyl (C=O) groups is 1. The topological polar surface area (TPSA) is 65.0 Å². The summed E-state index contributed by atoms with van der Waals surface area (Å²) in [4.78, 5) is 16.1. The Labute approximate surface area is 130 Å². The minimum atomic E-state index is -0.631. The molecule has 0 unspecified atom stereocenters. The van der Waals surface area contributed by atoms with Crippen molar-refractivity contribution in [3.05, 3.63) is 24.0 Å². The molecule has 122 valence electrons. The highest BCUT2D eigenvalue weighted by atomic mass is 17.1. The van der Waals surface area contributed by atoms with Crippen LogP contribution in [-0.2, 0) is 19.2 Å². The monoisotopic (exact) mass is 308 g/mol. The second kappa shape index (κ2) is 4.83. The first kappa shape index (κ1) is 15.6. The van der Waals surface area contributed by atoms with Gasteiger partial charge in [0.2, 0.25) is 0 Å². The van der Waals surface area contributed by atoms with E-state index in [1.165, 1.54) is 12.5 Å². The Morgan fingerprint density at radius 1 is 1.41 bits per heavy atom. The molecule has 1 aliphatic heterocycles. The van der Waals surface area contributed by atoms with Crippen LogP contribution in [0.15, 0.2) is 24.0 Å². The average molecular weight is 308 g/mol. The molecule has 0 bridgehead atoms. The molecule has 0 saturated heterocycles. The molecule has 1 spiro atoms. The first-order valence-corrected chi connectivity index (χ1v) is 7.79. The number of fused-ring (bicyclic) bond motifs is 1. The van der Waals surface area contributed by atoms with Gasteiger partial charge in [0.25, 0.3) is 6.29 Å². The molecule has 0 aromatic heterocycles. The van der Waals surface area contributed by atoms with Crippen LogP contribution in [-0.4, -0.2) is 23.1 Å². The lowest BCUT2D eigenvalue weighted by atomic mass is 9.63. The minimum absolute atomic E-state index is 0.108. The summed E-state index contributed by atoms with van der Waals surface area (Å²) in [6.07, 6.45) is 7.57. The standard InChI is InChI=1S/C17H24O5/c1-11(18)21-14-17(7-8-20-14)10-12-9-16(4,22-19)6-5-13(12)15(17,2)3/h7-9,13-14,19H,5-6,10H2,1-4H3/t13-,14+,16+,17+/m1/s1. The molecular weight excluding hydrogens is 284 g/mol. The third-order valence-corrected chi connectivity index (χ3v) is 5.90. The van der Waals surface area contributed by atoms with Crippen molar-refractivity contribution < 1.29 is 24.4 Å². The van der Waals surface area contributed by atoms with Gasteiger partial charge in [-0.1, -0.05) is 25.5 Å². The minimum Gasteiger partial charge on any atom is -0.462 e. The van der Waals surface area contributed by atoms with E-state index in [0.29, 0.717) is 5.92 Å². The summed E-state index contributed by atoms with van der Waals surface area (Å²) in [5.41, 5.74) is 0.145. The molecule has 2 aliphatic carbocycles. The van der Waals surface area contributed by atoms with Gasteiger partial charge in [0.1, 0.15) is 5.60 Å². The smallest absolute Gasteiger partial charge is 0.305 e. The van der Waals surface area contributed by atoms with Crippen LogP contribution in [0, 0.1) is 16.7 Å². The molecule has 1 fully saturated rings. The largest absolute Gasteiger partial charge is 0.462 e. The van der Waals surface area contributed by atoms with Gasteiger partial charge >= 0.3 is 5.97 Å². The molecule has 5 heteroatoms. The van der Waals surface area contributed by atoms with E-state index in [9.17, 15) is 10.1 Å². The zero-order valence-corrected chi connectivity index (χ0v) is 13.6. The number of carbonyl (C=O) groups excluding carboxylic acids is 1. The van der Waals surface area contributed by atoms with Gasteiger partial charge in [0.15, 0.2) is 0 Å². The van der Waals surface area contributed by atoms with Crippen LogP contribution in [0.2, 0.25) is 0 Å². The fraction of sp³-hybridized carbons (Fsp3) is 0.706. The summed E-state index contributed by atoms with van der Waals surface area (Å²) < 4.78 is 11.0. The van der Waals surface area contributed by atoms with Crippen LogP contribution >= 0.6 is 0 Å². The molecular formula is C17H24O5. The average Bonchev–Trinajstić information content (AvgIpc) is 2.91. The molecule has 1 saturated carbocycles. The van der Waals surface area contributed by atoms with Gasteiger partial charge in [-0.25, -0.2) is 4.89 Å². The van der Waals surface area contributed by atoms with Gasteiger partial charge in [-0.15, -0.1) is 0 Å². The van der Waals surface area contributed by atoms with E-state index < -0.39 is 11.9 Å². The summed E-state index contributed by atoms with van der Waals surface area (Å²) >= 11 is 0. The van der Waals surface area contributed by atoms with Crippen LogP contribution in [0.25, 0.3) is 0 Å². The van der Waals surface area contributed by atoms with Crippen LogP contribution < -0.4 is 0 Å². The van der Waals surface area contributed by atoms with E-state index in [4.69, 9.17) is 9.47 Å². The maximum absolute atomic E-state index is 11.4. The van der Waals surface area contributed by atoms with Crippen molar-refractivity contribution in [3.63, 3.8) is 0 Å². The molecule has 0 radical (unpaired) electrons. The zero-order valence-electron chi connectivity index (χ0n) is 13.6. The summed E-state index contributed by atoms with van der Waals surface area (Å²) in [7, 11) is 0. The third-order valence-electron chi connectivity index (χ3n) is 5.90. The molecule has 4 atom stereocenters. The lowest BCUT2D eigenvalue weighted by Gasteiger charge is -2.43. The number of hydrogen-bond donors (Lipinski definition) is 1. The van der Waals surface area contributed by atoms with Crippen molar-refractivity contribution in [2.75, 3.05) is 0 Å². The Morgan fingerprint density at radius 2 is 2.14 bits per heavy atom. The predicted molar refractivity (Wildman–Crippen MR) is 79.5 cm³/mol. The Kier molecular flexibility index (Phi) is 3.42. The van der Waals surface area contributed by atoms with Gasteiger partial charge in [-0.2, -0.15) is 0 Å². The SMILES string of the molecule is CC(=O)O[C@@H]1OC=C[C@]12CC1=C[C@@](C)(OO)CC[C@H]1C2(C)C. The first-order valence-electron chi connectivity index (χ1n) is 7.79. The lowest BCUT2D eigenvalue weighted by Crippen LogP contribution is -2.45. The number of hydrogen-bond acceptors (Lipinski definition) is 5. The van der Waals surface area contributed by atoms with Crippen LogP contribution in [0.3, 0.4) is 0 Å². The number of allylic oxidation sites excluding steroid dienone is 1. The second-order valence-corrected chi connectivity index (χ2v) is 7.53. The molecule has 3 rings (SSSR count). The van der Waals surface area contributed by atoms with Gasteiger partial charge in [-0.05, 0) is 43.6 Å². The molecule has 0 aromatic carbocycles. The Hall–Kier alpha value is -1.33. The fourth-order valence-electron chi connectivity index (χ4n) is 4.52. The summed E-state index contributed by atoms with van der Waals surface area (Å²) in [6.45, 7) is 7.70. The van der Waals surface area contributed by atoms with Crippen LogP contribution in [0.4, 0.5) is 0 Å². The normalized spacial score (nSPS) is 42.0. The zero-order chi connectivity index (χ0) is 16.2. The molecule has 0 aromatic rings. The first-order chi connectivity index (χ1) is 10.2. The lowest BCUT2D eigenvalue weighted by molar-refractivity contribution is -0.306. The van der Waals surface area contributed by atoms with Crippen molar-refractivity contribution in [1.29, 1.82) is 0 Å². The molecule has 22 heavy (non-hydrogen) atoms. The maximum Gasteiger partial charge on any atom is 0.305 e. The van der Waals surface area contributed by atoms with Gasteiger partial charge in [0, 0.05) is 6.92 Å². The van der Waals surface area contributed by atoms with Gasteiger partial charge in [0.05, 0.1) is 11.7 Å². The number of esters is 1. The predicted octanol–water partition coefficient (Wildman–Crippen LogP) is 3.42. The molecule has 5 nitrogen and oxygen atoms in total. The number of ether oxygens (including phenoxy) is 2. The van der Waals surface area contributed by atoms with E-state index in [1.54, 1.807) is 6.26 Å². The van der Waals surface area contributed by atoms with Crippen molar-refractivity contribution >= 4 is 5.97 Å².